The number of benzene rings is 2. The summed E-state index contributed by atoms with van der Waals surface area (Å²) in [6.07, 6.45) is 2.17. The van der Waals surface area contributed by atoms with Crippen LogP contribution in [-0.4, -0.2) is 8.07 Å². The first-order chi connectivity index (χ1) is 14.5. The molecule has 1 heterocycles. The molecule has 0 unspecified atom stereocenters. The molecule has 0 aliphatic rings. The molecule has 2 nitrogen and oxygen atoms in total. The van der Waals surface area contributed by atoms with Crippen LogP contribution in [0.2, 0.25) is 16.6 Å². The van der Waals surface area contributed by atoms with Gasteiger partial charge in [0.15, 0.2) is 11.9 Å². The van der Waals surface area contributed by atoms with Gasteiger partial charge in [-0.25, -0.2) is 9.41 Å². The predicted molar refractivity (Wildman–Crippen MR) is 137 cm³/mol. The first-order valence-corrected chi connectivity index (χ1v) is 13.7. The summed E-state index contributed by atoms with van der Waals surface area (Å²) in [4.78, 5) is 3.72. The van der Waals surface area contributed by atoms with Crippen molar-refractivity contribution in [2.45, 2.75) is 72.0 Å². The summed E-state index contributed by atoms with van der Waals surface area (Å²) in [6, 6.07) is 13.5. The van der Waals surface area contributed by atoms with Crippen molar-refractivity contribution in [1.82, 2.24) is 0 Å². The van der Waals surface area contributed by atoms with Crippen LogP contribution in [0.4, 0.5) is 5.69 Å². The number of rotatable bonds is 5. The lowest BCUT2D eigenvalue weighted by Gasteiger charge is -2.43. The smallest absolute Gasteiger partial charge is 0.219 e. The van der Waals surface area contributed by atoms with Gasteiger partial charge in [-0.2, -0.15) is 0 Å². The standard InChI is InChI=1S/C28H37N2Si/c1-18(2)31(19(3)4,20(5)6)25-11-12-26-23(16-25)13-14-30(10)28(26)27-17-24(29-9)15-21(7)22(27)8/h11-20H,1-8,10H3/q+1. The van der Waals surface area contributed by atoms with Crippen LogP contribution in [0.5, 0.6) is 0 Å². The van der Waals surface area contributed by atoms with E-state index in [1.54, 1.807) is 5.19 Å². The number of hydrogen-bond acceptors (Lipinski definition) is 0. The van der Waals surface area contributed by atoms with Crippen molar-refractivity contribution in [3.63, 3.8) is 0 Å². The maximum atomic E-state index is 7.53. The van der Waals surface area contributed by atoms with E-state index in [9.17, 15) is 0 Å². The van der Waals surface area contributed by atoms with Crippen LogP contribution in [0.25, 0.3) is 26.9 Å². The Labute approximate surface area is 189 Å². The average Bonchev–Trinajstić information content (AvgIpc) is 2.70. The number of hydrogen-bond donors (Lipinski definition) is 0. The Morgan fingerprint density at radius 1 is 0.871 bits per heavy atom. The summed E-state index contributed by atoms with van der Waals surface area (Å²) >= 11 is 0. The lowest BCUT2D eigenvalue weighted by atomic mass is 9.96. The molecule has 0 saturated carbocycles. The highest BCUT2D eigenvalue weighted by Crippen LogP contribution is 2.42. The number of aryl methyl sites for hydroxylation is 2. The second-order valence-corrected chi connectivity index (χ2v) is 15.9. The van der Waals surface area contributed by atoms with E-state index < -0.39 is 8.07 Å². The van der Waals surface area contributed by atoms with Crippen molar-refractivity contribution in [3.8, 4) is 11.3 Å². The Kier molecular flexibility index (Phi) is 6.44. The van der Waals surface area contributed by atoms with Crippen LogP contribution in [-0.2, 0) is 7.05 Å². The fourth-order valence-electron chi connectivity index (χ4n) is 6.13. The van der Waals surface area contributed by atoms with E-state index in [0.717, 1.165) is 5.56 Å². The zero-order valence-electron chi connectivity index (χ0n) is 20.7. The van der Waals surface area contributed by atoms with Gasteiger partial charge in [-0.05, 0) is 53.6 Å². The third-order valence-corrected chi connectivity index (χ3v) is 14.6. The van der Waals surface area contributed by atoms with E-state index in [0.29, 0.717) is 22.3 Å². The molecule has 0 atom stereocenters. The van der Waals surface area contributed by atoms with Gasteiger partial charge in [0.2, 0.25) is 5.69 Å². The second kappa shape index (κ2) is 8.59. The Morgan fingerprint density at radius 2 is 1.48 bits per heavy atom. The van der Waals surface area contributed by atoms with Gasteiger partial charge in [-0.3, -0.25) is 0 Å². The fourth-order valence-corrected chi connectivity index (χ4v) is 12.9. The lowest BCUT2D eigenvalue weighted by molar-refractivity contribution is -0.659. The molecule has 0 spiro atoms. The van der Waals surface area contributed by atoms with Crippen molar-refractivity contribution in [1.29, 1.82) is 0 Å². The van der Waals surface area contributed by atoms with Crippen molar-refractivity contribution >= 4 is 29.7 Å². The molecule has 31 heavy (non-hydrogen) atoms. The number of nitrogens with zero attached hydrogens (tertiary/aromatic N) is 2. The molecule has 1 aromatic heterocycles. The predicted octanol–water partition coefficient (Wildman–Crippen LogP) is 7.38. The molecule has 0 bridgehead atoms. The molecular weight excluding hydrogens is 392 g/mol. The van der Waals surface area contributed by atoms with Crippen molar-refractivity contribution in [3.05, 3.63) is 65.1 Å². The van der Waals surface area contributed by atoms with Gasteiger partial charge < -0.3 is 0 Å². The van der Waals surface area contributed by atoms with Gasteiger partial charge in [-0.15, -0.1) is 0 Å². The van der Waals surface area contributed by atoms with E-state index in [4.69, 9.17) is 6.57 Å². The van der Waals surface area contributed by atoms with Crippen LogP contribution in [0.15, 0.2) is 42.6 Å². The minimum atomic E-state index is -1.71. The first-order valence-electron chi connectivity index (χ1n) is 11.5. The molecule has 0 amide bonds. The van der Waals surface area contributed by atoms with Crippen LogP contribution in [0.1, 0.15) is 52.7 Å². The highest BCUT2D eigenvalue weighted by atomic mass is 28.3. The third kappa shape index (κ3) is 3.72. The number of fused-ring (bicyclic) bond motifs is 1. The van der Waals surface area contributed by atoms with Gasteiger partial charge in [0.25, 0.3) is 0 Å². The maximum Gasteiger partial charge on any atom is 0.219 e. The Bertz CT molecular complexity index is 1140. The molecule has 162 valence electrons. The molecule has 0 aliphatic carbocycles. The van der Waals surface area contributed by atoms with Crippen molar-refractivity contribution < 1.29 is 4.57 Å². The SMILES string of the molecule is [C-]#[N+]c1cc(C)c(C)c(-c2c3ccc([Si](C(C)C)(C(C)C)C(C)C)cc3cc[n+]2C)c1. The average molecular weight is 430 g/mol. The molecule has 0 fully saturated rings. The van der Waals surface area contributed by atoms with Crippen molar-refractivity contribution in [2.24, 2.45) is 7.05 Å². The molecule has 2 aromatic carbocycles. The number of pyridine rings is 1. The Morgan fingerprint density at radius 3 is 2.03 bits per heavy atom. The first kappa shape index (κ1) is 23.2. The molecular formula is C28H37N2Si+. The van der Waals surface area contributed by atoms with E-state index in [-0.39, 0.29) is 0 Å². The van der Waals surface area contributed by atoms with Gasteiger partial charge >= 0.3 is 0 Å². The summed E-state index contributed by atoms with van der Waals surface area (Å²) in [5.41, 5.74) is 7.53. The highest BCUT2D eigenvalue weighted by Gasteiger charge is 2.44. The quantitative estimate of drug-likeness (QED) is 0.227. The lowest BCUT2D eigenvalue weighted by Crippen LogP contribution is -2.55. The van der Waals surface area contributed by atoms with E-state index >= 15 is 0 Å². The topological polar surface area (TPSA) is 8.24 Å². The zero-order valence-corrected chi connectivity index (χ0v) is 21.7. The normalized spacial score (nSPS) is 12.2. The van der Waals surface area contributed by atoms with Crippen molar-refractivity contribution in [2.75, 3.05) is 0 Å². The molecule has 3 heteroatoms. The minimum absolute atomic E-state index is 0.685. The van der Waals surface area contributed by atoms with Gasteiger partial charge in [0.05, 0.1) is 20.0 Å². The Balaban J connectivity index is 2.34. The van der Waals surface area contributed by atoms with Crippen LogP contribution in [0, 0.1) is 20.4 Å². The van der Waals surface area contributed by atoms with E-state index in [2.05, 4.69) is 102 Å². The molecule has 0 N–H and O–H groups in total. The monoisotopic (exact) mass is 429 g/mol. The molecule has 0 radical (unpaired) electrons. The maximum absolute atomic E-state index is 7.53. The van der Waals surface area contributed by atoms with E-state index in [1.165, 1.54) is 27.6 Å². The van der Waals surface area contributed by atoms with Crippen LogP contribution in [0.3, 0.4) is 0 Å². The van der Waals surface area contributed by atoms with Gasteiger partial charge in [0, 0.05) is 11.6 Å². The molecule has 3 aromatic rings. The minimum Gasteiger partial charge on any atom is -0.238 e. The summed E-state index contributed by atoms with van der Waals surface area (Å²) in [7, 11) is 0.396. The van der Waals surface area contributed by atoms with Gasteiger partial charge in [-0.1, -0.05) is 70.5 Å². The third-order valence-electron chi connectivity index (χ3n) is 7.54. The van der Waals surface area contributed by atoms with Crippen LogP contribution >= 0.6 is 0 Å². The molecule has 0 aliphatic heterocycles. The summed E-state index contributed by atoms with van der Waals surface area (Å²) in [5.74, 6) is 0. The second-order valence-electron chi connectivity index (χ2n) is 10.0. The van der Waals surface area contributed by atoms with Gasteiger partial charge in [0.1, 0.15) is 7.05 Å². The fraction of sp³-hybridized carbons (Fsp3) is 0.429. The number of aromatic nitrogens is 1. The highest BCUT2D eigenvalue weighted by molar-refractivity contribution is 6.95. The van der Waals surface area contributed by atoms with E-state index in [1.807, 2.05) is 12.1 Å². The Hall–Kier alpha value is -2.44. The largest absolute Gasteiger partial charge is 0.238 e. The van der Waals surface area contributed by atoms with Crippen LogP contribution < -0.4 is 9.75 Å². The summed E-state index contributed by atoms with van der Waals surface area (Å²) in [5, 5.41) is 4.13. The summed E-state index contributed by atoms with van der Waals surface area (Å²) < 4.78 is 2.20. The summed E-state index contributed by atoms with van der Waals surface area (Å²) in [6.45, 7) is 26.3. The molecule has 3 rings (SSSR count). The zero-order chi connectivity index (χ0) is 23.1. The molecule has 0 saturated heterocycles.